The Morgan fingerprint density at radius 1 is 0.452 bits per heavy atom. The van der Waals surface area contributed by atoms with Gasteiger partial charge in [-0.1, -0.05) is 286 Å². The molecule has 1 saturated carbocycles. The van der Waals surface area contributed by atoms with Gasteiger partial charge in [0.15, 0.2) is 0 Å². The van der Waals surface area contributed by atoms with Crippen LogP contribution in [0.15, 0.2) is 255 Å². The minimum atomic E-state index is 0.575. The summed E-state index contributed by atoms with van der Waals surface area (Å²) < 4.78 is 0. The van der Waals surface area contributed by atoms with Crippen molar-refractivity contribution >= 4 is 0 Å². The van der Waals surface area contributed by atoms with Crippen LogP contribution in [-0.4, -0.2) is 0 Å². The fraction of sp³-hybridized carbons (Fsp3) is 0.205. The van der Waals surface area contributed by atoms with Crippen LogP contribution in [0, 0.1) is 33.6 Å². The second-order valence-electron chi connectivity index (χ2n) is 19.7. The highest BCUT2D eigenvalue weighted by atomic mass is 14.3. The van der Waals surface area contributed by atoms with Crippen LogP contribution in [0.25, 0.3) is 55.6 Å². The largest absolute Gasteiger partial charge is 0.0991 e. The van der Waals surface area contributed by atoms with Crippen molar-refractivity contribution in [2.24, 2.45) is 5.92 Å². The fourth-order valence-electron chi connectivity index (χ4n) is 9.20. The van der Waals surface area contributed by atoms with Gasteiger partial charge in [-0.2, -0.15) is 0 Å². The lowest BCUT2D eigenvalue weighted by atomic mass is 9.70. The Hall–Kier alpha value is -7.54. The van der Waals surface area contributed by atoms with Crippen molar-refractivity contribution in [3.05, 3.63) is 288 Å². The van der Waals surface area contributed by atoms with Crippen molar-refractivity contribution < 1.29 is 0 Å². The lowest BCUT2D eigenvalue weighted by molar-refractivity contribution is 0.350. The third-order valence-corrected chi connectivity index (χ3v) is 14.0. The molecule has 2 aliphatic carbocycles. The number of unbranched alkanes of at least 4 members (excludes halogenated alkanes) is 1. The van der Waals surface area contributed by atoms with Gasteiger partial charge in [-0.05, 0) is 150 Å². The third kappa shape index (κ3) is 15.7. The summed E-state index contributed by atoms with van der Waals surface area (Å²) >= 11 is 0. The van der Waals surface area contributed by atoms with Gasteiger partial charge in [-0.15, -0.1) is 0 Å². The molecule has 0 nitrogen and oxygen atoms in total. The molecule has 2 aliphatic rings. The first-order valence-corrected chi connectivity index (χ1v) is 26.7. The molecule has 73 heavy (non-hydrogen) atoms. The van der Waals surface area contributed by atoms with E-state index in [-0.39, 0.29) is 0 Å². The second-order valence-corrected chi connectivity index (χ2v) is 19.7. The minimum absolute atomic E-state index is 0.575. The first-order chi connectivity index (χ1) is 35.7. The molecule has 1 fully saturated rings. The van der Waals surface area contributed by atoms with E-state index in [1.165, 1.54) is 121 Å². The summed E-state index contributed by atoms with van der Waals surface area (Å²) in [6.07, 6.45) is 25.8. The SMILES string of the molecule is C=C/C=C\C=C/Cc1ccc(-c2ccc(C)cc2)cc1.CCCC.Cc1ccc(-c2cc(-c3ccccc3)cc(-c3ccccc3)c2)cc1.Cc1ccc(-c2ccc(C)c(C3CC=CC=C3C3CCC3)c2)cc1. The number of hydrogen-bond donors (Lipinski definition) is 0. The predicted octanol–water partition coefficient (Wildman–Crippen LogP) is 21.0. The van der Waals surface area contributed by atoms with Gasteiger partial charge in [0.05, 0.1) is 0 Å². The molecule has 1 unspecified atom stereocenters. The summed E-state index contributed by atoms with van der Waals surface area (Å²) in [7, 11) is 0. The van der Waals surface area contributed by atoms with E-state index >= 15 is 0 Å². The molecule has 0 saturated heterocycles. The van der Waals surface area contributed by atoms with Crippen LogP contribution in [0.5, 0.6) is 0 Å². The van der Waals surface area contributed by atoms with Crippen molar-refractivity contribution in [1.29, 1.82) is 0 Å². The molecule has 0 N–H and O–H groups in total. The predicted molar refractivity (Wildman–Crippen MR) is 320 cm³/mol. The second kappa shape index (κ2) is 27.9. The normalized spacial score (nSPS) is 13.9. The molecule has 8 aromatic carbocycles. The van der Waals surface area contributed by atoms with Crippen LogP contribution in [0.1, 0.15) is 91.7 Å². The Balaban J connectivity index is 0.000000155. The Bertz CT molecular complexity index is 2980. The summed E-state index contributed by atoms with van der Waals surface area (Å²) in [4.78, 5) is 0. The van der Waals surface area contributed by atoms with Gasteiger partial charge < -0.3 is 0 Å². The number of hydrogen-bond acceptors (Lipinski definition) is 0. The highest BCUT2D eigenvalue weighted by Crippen LogP contribution is 2.45. The van der Waals surface area contributed by atoms with Gasteiger partial charge in [-0.3, -0.25) is 0 Å². The van der Waals surface area contributed by atoms with Crippen LogP contribution in [0.2, 0.25) is 0 Å². The number of aryl methyl sites for hydroxylation is 4. The zero-order valence-electron chi connectivity index (χ0n) is 44.4. The van der Waals surface area contributed by atoms with E-state index < -0.39 is 0 Å². The van der Waals surface area contributed by atoms with Crippen molar-refractivity contribution in [2.45, 2.75) is 92.4 Å². The zero-order valence-corrected chi connectivity index (χ0v) is 44.4. The maximum absolute atomic E-state index is 3.64. The Kier molecular flexibility index (Phi) is 20.4. The Morgan fingerprint density at radius 3 is 1.34 bits per heavy atom. The maximum Gasteiger partial charge on any atom is 0.00915 e. The molecular formula is C73H76. The van der Waals surface area contributed by atoms with Crippen LogP contribution in [-0.2, 0) is 6.42 Å². The van der Waals surface area contributed by atoms with E-state index in [0.717, 1.165) is 18.8 Å². The number of benzene rings is 8. The van der Waals surface area contributed by atoms with E-state index in [0.29, 0.717) is 5.92 Å². The van der Waals surface area contributed by atoms with Crippen LogP contribution < -0.4 is 0 Å². The molecule has 10 rings (SSSR count). The molecule has 0 radical (unpaired) electrons. The van der Waals surface area contributed by atoms with Gasteiger partial charge in [0, 0.05) is 5.92 Å². The topological polar surface area (TPSA) is 0 Å². The van der Waals surface area contributed by atoms with Gasteiger partial charge in [0.2, 0.25) is 0 Å². The molecule has 0 heteroatoms. The molecule has 0 spiro atoms. The van der Waals surface area contributed by atoms with Crippen molar-refractivity contribution in [1.82, 2.24) is 0 Å². The highest BCUT2D eigenvalue weighted by Gasteiger charge is 2.29. The first-order valence-electron chi connectivity index (χ1n) is 26.7. The minimum Gasteiger partial charge on any atom is -0.0991 e. The molecule has 0 bridgehead atoms. The lowest BCUT2D eigenvalue weighted by Gasteiger charge is -2.35. The summed E-state index contributed by atoms with van der Waals surface area (Å²) in [5.74, 6) is 1.40. The summed E-state index contributed by atoms with van der Waals surface area (Å²) in [5, 5.41) is 0. The average Bonchev–Trinajstić information content (AvgIpc) is 3.42. The van der Waals surface area contributed by atoms with Gasteiger partial charge in [0.1, 0.15) is 0 Å². The van der Waals surface area contributed by atoms with E-state index in [4.69, 9.17) is 0 Å². The van der Waals surface area contributed by atoms with Crippen molar-refractivity contribution in [3.63, 3.8) is 0 Å². The molecule has 0 heterocycles. The van der Waals surface area contributed by atoms with Gasteiger partial charge >= 0.3 is 0 Å². The molecular weight excluding hydrogens is 877 g/mol. The third-order valence-electron chi connectivity index (χ3n) is 14.0. The van der Waals surface area contributed by atoms with Crippen LogP contribution in [0.3, 0.4) is 0 Å². The van der Waals surface area contributed by atoms with Crippen molar-refractivity contribution in [3.8, 4) is 55.6 Å². The summed E-state index contributed by atoms with van der Waals surface area (Å²) in [6.45, 7) is 16.7. The van der Waals surface area contributed by atoms with E-state index in [2.05, 4.69) is 273 Å². The average molecular weight is 953 g/mol. The zero-order chi connectivity index (χ0) is 51.2. The molecule has 0 amide bonds. The molecule has 1 atom stereocenters. The Morgan fingerprint density at radius 2 is 0.890 bits per heavy atom. The summed E-state index contributed by atoms with van der Waals surface area (Å²) in [6, 6.07) is 70.1. The standard InChI is InChI=1S/C25H20.C24H26.C20H20.C4H10/c1-19-12-14-22(15-13-19)25-17-23(20-8-4-2-5-9-20)16-24(18-25)21-10-6-3-7-11-21;1-17-10-13-19(14-11-17)21-15-12-18(2)24(16-21)23-9-4-3-8-22(23)20-6-5-7-20;1-3-4-5-6-7-8-18-11-15-20(16-12-18)19-13-9-17(2)10-14-19;1-3-4-2/h2-18H,1H3;3-4,8,10-16,20,23H,5-7,9H2,1-2H3;3-7,9-16H,1,8H2,2H3;3-4H2,1-2H3/b;;5-4-,7-6-;. The monoisotopic (exact) mass is 953 g/mol. The van der Waals surface area contributed by atoms with E-state index in [9.17, 15) is 0 Å². The Labute approximate surface area is 440 Å². The quantitative estimate of drug-likeness (QED) is 0.107. The van der Waals surface area contributed by atoms with Gasteiger partial charge in [0.25, 0.3) is 0 Å². The smallest absolute Gasteiger partial charge is 0.00915 e. The lowest BCUT2D eigenvalue weighted by Crippen LogP contribution is -2.20. The van der Waals surface area contributed by atoms with Gasteiger partial charge in [-0.25, -0.2) is 0 Å². The molecule has 0 aromatic heterocycles. The van der Waals surface area contributed by atoms with Crippen LogP contribution >= 0.6 is 0 Å². The molecule has 368 valence electrons. The van der Waals surface area contributed by atoms with E-state index in [1.807, 2.05) is 12.2 Å². The molecule has 0 aliphatic heterocycles. The summed E-state index contributed by atoms with van der Waals surface area (Å²) in [5.41, 5.74) is 22.5. The van der Waals surface area contributed by atoms with Crippen LogP contribution in [0.4, 0.5) is 0 Å². The van der Waals surface area contributed by atoms with E-state index in [1.54, 1.807) is 11.6 Å². The fourth-order valence-corrected chi connectivity index (χ4v) is 9.20. The number of rotatable bonds is 12. The van der Waals surface area contributed by atoms with Crippen molar-refractivity contribution in [2.75, 3.05) is 0 Å². The molecule has 8 aromatic rings. The first kappa shape index (κ1) is 53.3. The maximum atomic E-state index is 3.64. The number of allylic oxidation sites excluding steroid dienone is 9. The highest BCUT2D eigenvalue weighted by molar-refractivity contribution is 5.81.